The van der Waals surface area contributed by atoms with Gasteiger partial charge in [0.25, 0.3) is 10.0 Å². The number of aliphatic imine (C=N–C) groups is 1. The molecule has 0 aliphatic rings. The highest BCUT2D eigenvalue weighted by Crippen LogP contribution is 2.22. The Bertz CT molecular complexity index is 1140. The molecule has 13 heteroatoms. The fraction of sp³-hybridized carbons (Fsp3) is 0.200. The number of imidazole rings is 1. The molecule has 0 aliphatic carbocycles. The van der Waals surface area contributed by atoms with Crippen LogP contribution in [-0.4, -0.2) is 34.1 Å². The van der Waals surface area contributed by atoms with E-state index in [0.29, 0.717) is 5.82 Å². The summed E-state index contributed by atoms with van der Waals surface area (Å²) in [6.07, 6.45) is 1.38. The lowest BCUT2D eigenvalue weighted by atomic mass is 10.3. The average Bonchev–Trinajstić information content (AvgIpc) is 3.24. The Morgan fingerprint density at radius 3 is 2.82 bits per heavy atom. The van der Waals surface area contributed by atoms with E-state index in [-0.39, 0.29) is 39.5 Å². The van der Waals surface area contributed by atoms with Crippen LogP contribution in [0.15, 0.2) is 39.0 Å². The topological polar surface area (TPSA) is 141 Å². The summed E-state index contributed by atoms with van der Waals surface area (Å²) in [5.41, 5.74) is 6.33. The fourth-order valence-corrected chi connectivity index (χ4v) is 3.36. The van der Waals surface area contributed by atoms with Gasteiger partial charge in [0.05, 0.1) is 17.3 Å². The van der Waals surface area contributed by atoms with E-state index in [1.807, 2.05) is 0 Å². The molecule has 0 atom stereocenters. The van der Waals surface area contributed by atoms with Gasteiger partial charge >= 0.3 is 0 Å². The molecule has 0 spiro atoms. The van der Waals surface area contributed by atoms with E-state index < -0.39 is 15.8 Å². The van der Waals surface area contributed by atoms with Crippen LogP contribution in [0.4, 0.5) is 10.1 Å². The second-order valence-corrected chi connectivity index (χ2v) is 7.84. The van der Waals surface area contributed by atoms with E-state index in [4.69, 9.17) is 17.3 Å². The minimum Gasteiger partial charge on any atom is -0.382 e. The molecule has 0 saturated heterocycles. The third-order valence-electron chi connectivity index (χ3n) is 3.74. The number of halogens is 2. The highest BCUT2D eigenvalue weighted by molar-refractivity contribution is 7.89. The Kier molecular flexibility index (Phi) is 5.45. The standard InChI is InChI=1S/C15H15ClFN7O3S/c1-8-20-13(7-24(8)2)28(25,26)19-6-12-14(23-27-22-12)15(18)21-9-3-4-11(17)10(16)5-9/h3-5,7,19H,6H2,1-2H3,(H2,18,21). The highest BCUT2D eigenvalue weighted by Gasteiger charge is 2.21. The second kappa shape index (κ2) is 7.66. The predicted octanol–water partition coefficient (Wildman–Crippen LogP) is 1.42. The molecule has 2 heterocycles. The first-order valence-corrected chi connectivity index (χ1v) is 9.64. The number of amidine groups is 1. The first kappa shape index (κ1) is 19.9. The SMILES string of the molecule is Cc1nc(S(=O)(=O)NCc2nonc2C(N)=Nc2ccc(F)c(Cl)c2)cn1C. The van der Waals surface area contributed by atoms with Crippen LogP contribution in [0.2, 0.25) is 5.02 Å². The van der Waals surface area contributed by atoms with Gasteiger partial charge in [0.1, 0.15) is 17.3 Å². The second-order valence-electron chi connectivity index (χ2n) is 5.72. The molecule has 0 saturated carbocycles. The average molecular weight is 428 g/mol. The molecule has 1 aromatic carbocycles. The Morgan fingerprint density at radius 1 is 1.43 bits per heavy atom. The quantitative estimate of drug-likeness (QED) is 0.447. The first-order valence-electron chi connectivity index (χ1n) is 7.78. The first-order chi connectivity index (χ1) is 13.2. The monoisotopic (exact) mass is 427 g/mol. The van der Waals surface area contributed by atoms with Crippen molar-refractivity contribution >= 4 is 33.1 Å². The van der Waals surface area contributed by atoms with Gasteiger partial charge in [0.2, 0.25) is 0 Å². The zero-order valence-corrected chi connectivity index (χ0v) is 16.3. The van der Waals surface area contributed by atoms with Crippen molar-refractivity contribution in [3.63, 3.8) is 0 Å². The Morgan fingerprint density at radius 2 is 2.18 bits per heavy atom. The Balaban J connectivity index is 1.79. The van der Waals surface area contributed by atoms with E-state index in [2.05, 4.69) is 29.6 Å². The maximum absolute atomic E-state index is 13.2. The van der Waals surface area contributed by atoms with Crippen molar-refractivity contribution in [2.45, 2.75) is 18.5 Å². The molecule has 0 bridgehead atoms. The van der Waals surface area contributed by atoms with Gasteiger partial charge < -0.3 is 10.3 Å². The van der Waals surface area contributed by atoms with E-state index in [1.165, 1.54) is 18.3 Å². The van der Waals surface area contributed by atoms with Crippen molar-refractivity contribution in [3.8, 4) is 0 Å². The molecular formula is C15H15ClFN7O3S. The van der Waals surface area contributed by atoms with Crippen LogP contribution in [0.25, 0.3) is 0 Å². The zero-order chi connectivity index (χ0) is 20.5. The van der Waals surface area contributed by atoms with Crippen LogP contribution in [0.3, 0.4) is 0 Å². The lowest BCUT2D eigenvalue weighted by Gasteiger charge is -2.03. The van der Waals surface area contributed by atoms with Gasteiger partial charge in [0.15, 0.2) is 16.6 Å². The van der Waals surface area contributed by atoms with Crippen LogP contribution in [0.1, 0.15) is 17.2 Å². The molecule has 3 aromatic rings. The Labute approximate surface area is 164 Å². The minimum atomic E-state index is -3.88. The summed E-state index contributed by atoms with van der Waals surface area (Å²) in [6.45, 7) is 1.43. The smallest absolute Gasteiger partial charge is 0.259 e. The van der Waals surface area contributed by atoms with E-state index in [1.54, 1.807) is 18.5 Å². The van der Waals surface area contributed by atoms with Gasteiger partial charge in [-0.15, -0.1) is 0 Å². The number of nitrogens with two attached hydrogens (primary N) is 1. The number of rotatable bonds is 6. The van der Waals surface area contributed by atoms with Crippen LogP contribution in [0, 0.1) is 12.7 Å². The molecule has 0 amide bonds. The van der Waals surface area contributed by atoms with E-state index >= 15 is 0 Å². The van der Waals surface area contributed by atoms with Crippen molar-refractivity contribution < 1.29 is 17.4 Å². The van der Waals surface area contributed by atoms with Crippen molar-refractivity contribution in [3.05, 3.63) is 52.4 Å². The summed E-state index contributed by atoms with van der Waals surface area (Å²) in [6, 6.07) is 3.79. The lowest BCUT2D eigenvalue weighted by Crippen LogP contribution is -2.26. The summed E-state index contributed by atoms with van der Waals surface area (Å²) >= 11 is 5.71. The number of hydrogen-bond donors (Lipinski definition) is 2. The third-order valence-corrected chi connectivity index (χ3v) is 5.30. The highest BCUT2D eigenvalue weighted by atomic mass is 35.5. The van der Waals surface area contributed by atoms with Gasteiger partial charge in [-0.2, -0.15) is 0 Å². The van der Waals surface area contributed by atoms with Gasteiger partial charge in [-0.25, -0.2) is 32.1 Å². The summed E-state index contributed by atoms with van der Waals surface area (Å²) in [7, 11) is -2.20. The zero-order valence-electron chi connectivity index (χ0n) is 14.7. The molecule has 0 fully saturated rings. The van der Waals surface area contributed by atoms with Crippen molar-refractivity contribution in [1.82, 2.24) is 24.6 Å². The normalized spacial score (nSPS) is 12.5. The number of nitrogens with zero attached hydrogens (tertiary/aromatic N) is 5. The third kappa shape index (κ3) is 4.18. The number of aryl methyl sites for hydroxylation is 2. The Hall–Kier alpha value is -2.83. The maximum Gasteiger partial charge on any atom is 0.259 e. The van der Waals surface area contributed by atoms with Crippen LogP contribution < -0.4 is 10.5 Å². The summed E-state index contributed by atoms with van der Waals surface area (Å²) < 4.78 is 46.5. The summed E-state index contributed by atoms with van der Waals surface area (Å²) in [5, 5.41) is 7.03. The number of aromatic nitrogens is 4. The van der Waals surface area contributed by atoms with E-state index in [0.717, 1.165) is 6.07 Å². The van der Waals surface area contributed by atoms with Crippen LogP contribution in [-0.2, 0) is 23.6 Å². The molecule has 3 N–H and O–H groups in total. The van der Waals surface area contributed by atoms with Crippen molar-refractivity contribution in [2.24, 2.45) is 17.8 Å². The number of hydrogen-bond acceptors (Lipinski definition) is 7. The molecule has 0 aliphatic heterocycles. The molecule has 2 aromatic heterocycles. The molecule has 0 radical (unpaired) electrons. The molecule has 3 rings (SSSR count). The molecule has 28 heavy (non-hydrogen) atoms. The van der Waals surface area contributed by atoms with Crippen LogP contribution >= 0.6 is 11.6 Å². The largest absolute Gasteiger partial charge is 0.382 e. The van der Waals surface area contributed by atoms with Crippen molar-refractivity contribution in [2.75, 3.05) is 0 Å². The van der Waals surface area contributed by atoms with Gasteiger partial charge in [-0.1, -0.05) is 16.8 Å². The molecular weight excluding hydrogens is 413 g/mol. The lowest BCUT2D eigenvalue weighted by molar-refractivity contribution is 0.302. The van der Waals surface area contributed by atoms with E-state index in [9.17, 15) is 12.8 Å². The fourth-order valence-electron chi connectivity index (χ4n) is 2.16. The van der Waals surface area contributed by atoms with Gasteiger partial charge in [-0.3, -0.25) is 0 Å². The summed E-state index contributed by atoms with van der Waals surface area (Å²) in [5.74, 6) is -0.160. The number of sulfonamides is 1. The summed E-state index contributed by atoms with van der Waals surface area (Å²) in [4.78, 5) is 8.04. The number of nitrogens with one attached hydrogen (secondary N) is 1. The maximum atomic E-state index is 13.2. The molecule has 0 unspecified atom stereocenters. The van der Waals surface area contributed by atoms with Crippen LogP contribution in [0.5, 0.6) is 0 Å². The predicted molar refractivity (Wildman–Crippen MR) is 98.1 cm³/mol. The van der Waals surface area contributed by atoms with Crippen molar-refractivity contribution in [1.29, 1.82) is 0 Å². The number of benzene rings is 1. The molecule has 10 nitrogen and oxygen atoms in total. The minimum absolute atomic E-state index is 0.0420. The van der Waals surface area contributed by atoms with Gasteiger partial charge in [-0.05, 0) is 30.3 Å². The molecule has 148 valence electrons. The van der Waals surface area contributed by atoms with Gasteiger partial charge in [0, 0.05) is 13.2 Å².